The number of hydrogen-bond donors (Lipinski definition) is 4. The quantitative estimate of drug-likeness (QED) is 0.425. The van der Waals surface area contributed by atoms with Crippen LogP contribution < -0.4 is 21.3 Å². The Labute approximate surface area is 173 Å². The van der Waals surface area contributed by atoms with Crippen LogP contribution in [0.5, 0.6) is 0 Å². The molecule has 10 heteroatoms. The van der Waals surface area contributed by atoms with Crippen molar-refractivity contribution in [2.45, 2.75) is 64.0 Å². The minimum absolute atomic E-state index is 0.176. The van der Waals surface area contributed by atoms with E-state index in [0.29, 0.717) is 35.1 Å². The van der Waals surface area contributed by atoms with Crippen molar-refractivity contribution < 1.29 is 9.59 Å². The third-order valence-corrected chi connectivity index (χ3v) is 6.04. The van der Waals surface area contributed by atoms with E-state index in [0.717, 1.165) is 12.8 Å². The molecule has 0 spiro atoms. The molecule has 3 amide bonds. The second-order valence-corrected chi connectivity index (χ2v) is 8.42. The zero-order valence-corrected chi connectivity index (χ0v) is 16.9. The van der Waals surface area contributed by atoms with Gasteiger partial charge in [0.1, 0.15) is 5.70 Å². The lowest BCUT2D eigenvalue weighted by atomic mass is 9.85. The summed E-state index contributed by atoms with van der Waals surface area (Å²) in [7, 11) is 0. The fraction of sp³-hybridized carbons (Fsp3) is 0.550. The van der Waals surface area contributed by atoms with Gasteiger partial charge in [0, 0.05) is 17.6 Å². The standard InChI is InChI=1S/C20H26N8O2/c1-11(12-5-3-2-4-6-12)22-18-25-16-13(9-15-17(29)26-20(30)24-15)10-21-28(16)19(27-18)23-14-7-8-14/h9-12,14H,2-8H2,1H3,(H2,22,23,25,27)(H2,24,26,29,30)/b15-9-/t11-/m1/s1. The smallest absolute Gasteiger partial charge is 0.326 e. The predicted octanol–water partition coefficient (Wildman–Crippen LogP) is 2.26. The van der Waals surface area contributed by atoms with E-state index < -0.39 is 11.9 Å². The molecule has 1 atom stereocenters. The van der Waals surface area contributed by atoms with Gasteiger partial charge in [0.05, 0.1) is 6.20 Å². The van der Waals surface area contributed by atoms with Crippen LogP contribution in [0.1, 0.15) is 57.4 Å². The molecule has 2 aromatic heterocycles. The first-order valence-electron chi connectivity index (χ1n) is 10.7. The van der Waals surface area contributed by atoms with E-state index in [9.17, 15) is 9.59 Å². The summed E-state index contributed by atoms with van der Waals surface area (Å²) in [6, 6.07) is 0.140. The van der Waals surface area contributed by atoms with Gasteiger partial charge in [0.2, 0.25) is 11.9 Å². The molecule has 1 saturated heterocycles. The average Bonchev–Trinajstić information content (AvgIpc) is 3.37. The number of imide groups is 1. The third-order valence-electron chi connectivity index (χ3n) is 6.04. The summed E-state index contributed by atoms with van der Waals surface area (Å²) in [5.41, 5.74) is 1.39. The third kappa shape index (κ3) is 3.81. The highest BCUT2D eigenvalue weighted by molar-refractivity contribution is 6.14. The van der Waals surface area contributed by atoms with Gasteiger partial charge in [-0.3, -0.25) is 10.1 Å². The number of nitrogens with one attached hydrogen (secondary N) is 4. The maximum atomic E-state index is 11.9. The summed E-state index contributed by atoms with van der Waals surface area (Å²) >= 11 is 0. The number of nitrogens with zero attached hydrogens (tertiary/aromatic N) is 4. The summed E-state index contributed by atoms with van der Waals surface area (Å²) in [4.78, 5) is 32.7. The van der Waals surface area contributed by atoms with Gasteiger partial charge in [-0.05, 0) is 44.6 Å². The summed E-state index contributed by atoms with van der Waals surface area (Å²) in [5.74, 6) is 1.32. The van der Waals surface area contributed by atoms with E-state index in [-0.39, 0.29) is 11.7 Å². The number of amides is 3. The number of carbonyl (C=O) groups excluding carboxylic acids is 2. The Hall–Kier alpha value is -3.17. The molecule has 3 heterocycles. The lowest BCUT2D eigenvalue weighted by molar-refractivity contribution is -0.115. The monoisotopic (exact) mass is 410 g/mol. The van der Waals surface area contributed by atoms with Gasteiger partial charge in [0.25, 0.3) is 5.91 Å². The molecule has 0 bridgehead atoms. The zero-order valence-electron chi connectivity index (χ0n) is 16.9. The van der Waals surface area contributed by atoms with Crippen molar-refractivity contribution in [2.24, 2.45) is 5.92 Å². The molecule has 4 N–H and O–H groups in total. The molecule has 1 aliphatic heterocycles. The second-order valence-electron chi connectivity index (χ2n) is 8.42. The van der Waals surface area contributed by atoms with Crippen molar-refractivity contribution in [2.75, 3.05) is 10.6 Å². The van der Waals surface area contributed by atoms with Crippen LogP contribution in [0.15, 0.2) is 11.9 Å². The number of hydrogen-bond acceptors (Lipinski definition) is 7. The molecule has 30 heavy (non-hydrogen) atoms. The van der Waals surface area contributed by atoms with Crippen molar-refractivity contribution in [1.29, 1.82) is 0 Å². The largest absolute Gasteiger partial charge is 0.351 e. The van der Waals surface area contributed by atoms with Crippen molar-refractivity contribution >= 4 is 35.6 Å². The normalized spacial score (nSPS) is 22.2. The van der Waals surface area contributed by atoms with Crippen LogP contribution in [0.25, 0.3) is 11.7 Å². The molecule has 0 aromatic carbocycles. The fourth-order valence-electron chi connectivity index (χ4n) is 4.16. The molecule has 3 fully saturated rings. The Morgan fingerprint density at radius 3 is 2.63 bits per heavy atom. The second kappa shape index (κ2) is 7.58. The van der Waals surface area contributed by atoms with Gasteiger partial charge >= 0.3 is 6.03 Å². The fourth-order valence-corrected chi connectivity index (χ4v) is 4.16. The number of urea groups is 1. The molecule has 2 saturated carbocycles. The Bertz CT molecular complexity index is 1020. The first-order chi connectivity index (χ1) is 14.6. The minimum atomic E-state index is -0.530. The number of rotatable bonds is 6. The van der Waals surface area contributed by atoms with Gasteiger partial charge < -0.3 is 16.0 Å². The van der Waals surface area contributed by atoms with Crippen molar-refractivity contribution in [3.8, 4) is 0 Å². The lowest BCUT2D eigenvalue weighted by Gasteiger charge is -2.28. The van der Waals surface area contributed by atoms with Crippen LogP contribution in [0.2, 0.25) is 0 Å². The maximum Gasteiger partial charge on any atom is 0.326 e. The van der Waals surface area contributed by atoms with Crippen LogP contribution >= 0.6 is 0 Å². The van der Waals surface area contributed by atoms with Crippen LogP contribution in [0.4, 0.5) is 16.7 Å². The van der Waals surface area contributed by atoms with E-state index in [4.69, 9.17) is 4.98 Å². The molecule has 0 radical (unpaired) electrons. The Kier molecular flexibility index (Phi) is 4.76. The van der Waals surface area contributed by atoms with Gasteiger partial charge in [0.15, 0.2) is 5.65 Å². The topological polar surface area (TPSA) is 125 Å². The SMILES string of the molecule is C[C@@H](Nc1nc(NC2CC2)n2ncc(/C=C3\NC(=O)NC3=O)c2n1)C1CCCCC1. The van der Waals surface area contributed by atoms with E-state index in [1.54, 1.807) is 16.8 Å². The van der Waals surface area contributed by atoms with Crippen LogP contribution in [0.3, 0.4) is 0 Å². The summed E-state index contributed by atoms with van der Waals surface area (Å²) in [6.45, 7) is 2.19. The predicted molar refractivity (Wildman–Crippen MR) is 112 cm³/mol. The van der Waals surface area contributed by atoms with E-state index in [1.165, 1.54) is 32.1 Å². The molecule has 2 aromatic rings. The number of carbonyl (C=O) groups is 2. The van der Waals surface area contributed by atoms with Gasteiger partial charge in [-0.1, -0.05) is 19.3 Å². The Balaban J connectivity index is 1.48. The van der Waals surface area contributed by atoms with Crippen LogP contribution in [-0.2, 0) is 4.79 Å². The molecular formula is C20H26N8O2. The Morgan fingerprint density at radius 2 is 1.93 bits per heavy atom. The molecule has 2 aliphatic carbocycles. The van der Waals surface area contributed by atoms with E-state index in [1.807, 2.05) is 0 Å². The molecule has 3 aliphatic rings. The molecule has 5 rings (SSSR count). The van der Waals surface area contributed by atoms with Crippen molar-refractivity contribution in [3.05, 3.63) is 17.5 Å². The van der Waals surface area contributed by atoms with Crippen LogP contribution in [-0.4, -0.2) is 43.6 Å². The number of anilines is 2. The number of fused-ring (bicyclic) bond motifs is 1. The first-order valence-corrected chi connectivity index (χ1v) is 10.7. The summed E-state index contributed by atoms with van der Waals surface area (Å²) in [6.07, 6.45) is 11.8. The van der Waals surface area contributed by atoms with Crippen molar-refractivity contribution in [1.82, 2.24) is 30.2 Å². The molecule has 0 unspecified atom stereocenters. The van der Waals surface area contributed by atoms with E-state index >= 15 is 0 Å². The van der Waals surface area contributed by atoms with E-state index in [2.05, 4.69) is 38.3 Å². The lowest BCUT2D eigenvalue weighted by Crippen LogP contribution is -2.29. The van der Waals surface area contributed by atoms with Gasteiger partial charge in [-0.25, -0.2) is 4.79 Å². The average molecular weight is 410 g/mol. The van der Waals surface area contributed by atoms with Crippen LogP contribution in [0, 0.1) is 5.92 Å². The highest BCUT2D eigenvalue weighted by Gasteiger charge is 2.27. The molecule has 158 valence electrons. The Morgan fingerprint density at radius 1 is 1.13 bits per heavy atom. The highest BCUT2D eigenvalue weighted by atomic mass is 16.2. The van der Waals surface area contributed by atoms with Crippen molar-refractivity contribution in [3.63, 3.8) is 0 Å². The zero-order chi connectivity index (χ0) is 20.7. The number of aromatic nitrogens is 4. The molecule has 10 nitrogen and oxygen atoms in total. The van der Waals surface area contributed by atoms with Gasteiger partial charge in [-0.2, -0.15) is 19.6 Å². The minimum Gasteiger partial charge on any atom is -0.351 e. The maximum absolute atomic E-state index is 11.9. The molecular weight excluding hydrogens is 384 g/mol. The summed E-state index contributed by atoms with van der Waals surface area (Å²) in [5, 5.41) is 16.0. The van der Waals surface area contributed by atoms with Gasteiger partial charge in [-0.15, -0.1) is 0 Å². The summed E-state index contributed by atoms with van der Waals surface area (Å²) < 4.78 is 1.65. The highest BCUT2D eigenvalue weighted by Crippen LogP contribution is 2.29. The first kappa shape index (κ1) is 18.8.